The van der Waals surface area contributed by atoms with Gasteiger partial charge >= 0.3 is 0 Å². The van der Waals surface area contributed by atoms with Gasteiger partial charge < -0.3 is 4.42 Å². The summed E-state index contributed by atoms with van der Waals surface area (Å²) in [6.07, 6.45) is 3.71. The fourth-order valence-corrected chi connectivity index (χ4v) is 3.67. The molecule has 0 spiro atoms. The molecule has 0 fully saturated rings. The molecule has 2 heterocycles. The van der Waals surface area contributed by atoms with Crippen molar-refractivity contribution in [3.8, 4) is 0 Å². The number of fused-ring (bicyclic) bond motifs is 1. The van der Waals surface area contributed by atoms with Crippen LogP contribution < -0.4 is 5.32 Å². The molecule has 4 nitrogen and oxygen atoms in total. The largest absolute Gasteiger partial charge is 0.462 e. The van der Waals surface area contributed by atoms with Crippen molar-refractivity contribution in [2.24, 2.45) is 0 Å². The highest BCUT2D eigenvalue weighted by Gasteiger charge is 2.16. The highest BCUT2D eigenvalue weighted by Crippen LogP contribution is 2.29. The molecule has 2 aromatic heterocycles. The van der Waals surface area contributed by atoms with Crippen LogP contribution in [0.4, 0.5) is 9.52 Å². The monoisotopic (exact) mass is 386 g/mol. The number of carbonyl (C=O) groups is 1. The first-order chi connectivity index (χ1) is 12.6. The van der Waals surface area contributed by atoms with Crippen LogP contribution in [-0.2, 0) is 6.42 Å². The summed E-state index contributed by atoms with van der Waals surface area (Å²) in [5, 5.41) is 4.37. The number of carbonyl (C=O) groups excluding carboxylic acids is 1. The van der Waals surface area contributed by atoms with Gasteiger partial charge in [0.05, 0.1) is 10.6 Å². The molecule has 0 bridgehead atoms. The Balaban J connectivity index is 1.50. The van der Waals surface area contributed by atoms with Crippen LogP contribution in [0.3, 0.4) is 0 Å². The zero-order valence-electron chi connectivity index (χ0n) is 13.3. The Kier molecular flexibility index (Phi) is 4.44. The summed E-state index contributed by atoms with van der Waals surface area (Å²) in [5.41, 5.74) is 1.86. The van der Waals surface area contributed by atoms with E-state index in [0.717, 1.165) is 10.4 Å². The third-order valence-corrected chi connectivity index (χ3v) is 5.07. The Labute approximate surface area is 157 Å². The zero-order chi connectivity index (χ0) is 18.1. The molecule has 26 heavy (non-hydrogen) atoms. The summed E-state index contributed by atoms with van der Waals surface area (Å²) < 4.78 is 18.4. The van der Waals surface area contributed by atoms with E-state index in [2.05, 4.69) is 10.3 Å². The number of aromatic nitrogens is 1. The first kappa shape index (κ1) is 16.8. The summed E-state index contributed by atoms with van der Waals surface area (Å²) in [4.78, 5) is 17.7. The first-order valence-electron chi connectivity index (χ1n) is 7.76. The normalized spacial score (nSPS) is 11.0. The van der Waals surface area contributed by atoms with Gasteiger partial charge in [-0.15, -0.1) is 11.3 Å². The van der Waals surface area contributed by atoms with E-state index in [0.29, 0.717) is 33.1 Å². The molecule has 7 heteroatoms. The number of furan rings is 1. The van der Waals surface area contributed by atoms with Gasteiger partial charge in [-0.3, -0.25) is 10.1 Å². The lowest BCUT2D eigenvalue weighted by Gasteiger charge is -2.00. The van der Waals surface area contributed by atoms with Gasteiger partial charge in [0.2, 0.25) is 0 Å². The van der Waals surface area contributed by atoms with Gasteiger partial charge in [-0.1, -0.05) is 35.9 Å². The minimum absolute atomic E-state index is 0.265. The maximum Gasteiger partial charge on any atom is 0.261 e. The summed E-state index contributed by atoms with van der Waals surface area (Å²) in [6, 6.07) is 11.6. The quantitative estimate of drug-likeness (QED) is 0.502. The van der Waals surface area contributed by atoms with Gasteiger partial charge in [-0.25, -0.2) is 9.37 Å². The van der Waals surface area contributed by atoms with Crippen LogP contribution in [-0.4, -0.2) is 10.9 Å². The Hall–Kier alpha value is -2.70. The number of nitrogens with one attached hydrogen (secondary N) is 1. The molecule has 2 aromatic carbocycles. The van der Waals surface area contributed by atoms with Gasteiger partial charge in [-0.2, -0.15) is 0 Å². The SMILES string of the molecule is O=C(Nc1ncc(Cc2ccc(F)cc2)s1)c1coc2c(Cl)cccc12. The number of hydrogen-bond donors (Lipinski definition) is 1. The number of anilines is 1. The lowest BCUT2D eigenvalue weighted by molar-refractivity contribution is 0.102. The van der Waals surface area contributed by atoms with Gasteiger partial charge in [0.25, 0.3) is 5.91 Å². The second-order valence-corrected chi connectivity index (χ2v) is 7.18. The van der Waals surface area contributed by atoms with Crippen molar-refractivity contribution in [3.63, 3.8) is 0 Å². The number of halogens is 2. The van der Waals surface area contributed by atoms with Crippen molar-refractivity contribution in [2.45, 2.75) is 6.42 Å². The van der Waals surface area contributed by atoms with Crippen molar-refractivity contribution in [1.29, 1.82) is 0 Å². The third-order valence-electron chi connectivity index (χ3n) is 3.86. The molecule has 1 N–H and O–H groups in total. The predicted octanol–water partition coefficient (Wildman–Crippen LogP) is 5.52. The third kappa shape index (κ3) is 3.34. The van der Waals surface area contributed by atoms with Gasteiger partial charge in [0.1, 0.15) is 12.1 Å². The van der Waals surface area contributed by atoms with Gasteiger partial charge in [0, 0.05) is 22.9 Å². The Morgan fingerprint density at radius 1 is 1.23 bits per heavy atom. The lowest BCUT2D eigenvalue weighted by Crippen LogP contribution is -2.10. The molecule has 4 rings (SSSR count). The number of thiazole rings is 1. The van der Waals surface area contributed by atoms with E-state index < -0.39 is 0 Å². The highest BCUT2D eigenvalue weighted by molar-refractivity contribution is 7.15. The lowest BCUT2D eigenvalue weighted by atomic mass is 10.1. The van der Waals surface area contributed by atoms with E-state index >= 15 is 0 Å². The molecule has 1 amide bonds. The Bertz CT molecular complexity index is 1090. The summed E-state index contributed by atoms with van der Waals surface area (Å²) >= 11 is 7.44. The number of hydrogen-bond acceptors (Lipinski definition) is 4. The van der Waals surface area contributed by atoms with E-state index in [1.165, 1.54) is 29.7 Å². The Morgan fingerprint density at radius 3 is 2.85 bits per heavy atom. The van der Waals surface area contributed by atoms with Crippen LogP contribution in [0.1, 0.15) is 20.8 Å². The van der Waals surface area contributed by atoms with Crippen molar-refractivity contribution in [1.82, 2.24) is 4.98 Å². The number of amides is 1. The molecule has 0 radical (unpaired) electrons. The Morgan fingerprint density at radius 2 is 2.04 bits per heavy atom. The molecule has 0 atom stereocenters. The fourth-order valence-electron chi connectivity index (χ4n) is 2.61. The molecule has 0 aliphatic carbocycles. The van der Waals surface area contributed by atoms with Crippen LogP contribution >= 0.6 is 22.9 Å². The van der Waals surface area contributed by atoms with Crippen LogP contribution in [0.5, 0.6) is 0 Å². The van der Waals surface area contributed by atoms with Crippen LogP contribution in [0.2, 0.25) is 5.02 Å². The zero-order valence-corrected chi connectivity index (χ0v) is 14.9. The van der Waals surface area contributed by atoms with Crippen LogP contribution in [0.25, 0.3) is 11.0 Å². The molecule has 0 unspecified atom stereocenters. The molecule has 0 aliphatic rings. The highest BCUT2D eigenvalue weighted by atomic mass is 35.5. The summed E-state index contributed by atoms with van der Waals surface area (Å²) in [7, 11) is 0. The number of rotatable bonds is 4. The molecule has 4 aromatic rings. The molecular weight excluding hydrogens is 375 g/mol. The average Bonchev–Trinajstić information content (AvgIpc) is 3.24. The molecular formula is C19H12ClFN2O2S. The molecule has 0 saturated heterocycles. The smallest absolute Gasteiger partial charge is 0.261 e. The number of benzene rings is 2. The van der Waals surface area contributed by atoms with Crippen molar-refractivity contribution < 1.29 is 13.6 Å². The van der Waals surface area contributed by atoms with Crippen molar-refractivity contribution >= 4 is 44.9 Å². The topological polar surface area (TPSA) is 55.1 Å². The van der Waals surface area contributed by atoms with Gasteiger partial charge in [-0.05, 0) is 23.8 Å². The maximum absolute atomic E-state index is 13.0. The fraction of sp³-hybridized carbons (Fsp3) is 0.0526. The van der Waals surface area contributed by atoms with Crippen LogP contribution in [0.15, 0.2) is 59.3 Å². The first-order valence-corrected chi connectivity index (χ1v) is 8.96. The van der Waals surface area contributed by atoms with E-state index in [1.807, 2.05) is 0 Å². The number of nitrogens with zero attached hydrogens (tertiary/aromatic N) is 1. The minimum Gasteiger partial charge on any atom is -0.462 e. The van der Waals surface area contributed by atoms with Gasteiger partial charge in [0.15, 0.2) is 10.7 Å². The maximum atomic E-state index is 13.0. The van der Waals surface area contributed by atoms with Crippen LogP contribution in [0, 0.1) is 5.82 Å². The van der Waals surface area contributed by atoms with E-state index in [4.69, 9.17) is 16.0 Å². The van der Waals surface area contributed by atoms with E-state index in [1.54, 1.807) is 36.5 Å². The second-order valence-electron chi connectivity index (χ2n) is 5.65. The average molecular weight is 387 g/mol. The minimum atomic E-state index is -0.311. The van der Waals surface area contributed by atoms with E-state index in [-0.39, 0.29) is 11.7 Å². The molecule has 130 valence electrons. The number of para-hydroxylation sites is 1. The standard InChI is InChI=1S/C19H12ClFN2O2S/c20-16-3-1-2-14-15(10-25-17(14)16)18(24)23-19-22-9-13(26-19)8-11-4-6-12(21)7-5-11/h1-7,9-10H,8H2,(H,22,23,24). The van der Waals surface area contributed by atoms with E-state index in [9.17, 15) is 9.18 Å². The summed E-state index contributed by atoms with van der Waals surface area (Å²) in [6.45, 7) is 0. The molecule has 0 aliphatic heterocycles. The predicted molar refractivity (Wildman–Crippen MR) is 100 cm³/mol. The van der Waals surface area contributed by atoms with Crippen molar-refractivity contribution in [2.75, 3.05) is 5.32 Å². The summed E-state index contributed by atoms with van der Waals surface area (Å²) in [5.74, 6) is -0.577. The molecule has 0 saturated carbocycles. The van der Waals surface area contributed by atoms with Crippen molar-refractivity contribution in [3.05, 3.63) is 81.8 Å². The second kappa shape index (κ2) is 6.90.